The van der Waals surface area contributed by atoms with Crippen LogP contribution in [-0.2, 0) is 13.6 Å². The molecular formula is C24H30N4O2. The molecule has 0 spiro atoms. The summed E-state index contributed by atoms with van der Waals surface area (Å²) >= 11 is 0. The molecule has 0 atom stereocenters. The number of aromatic nitrogens is 3. The number of hydrogen-bond acceptors (Lipinski definition) is 3. The van der Waals surface area contributed by atoms with Crippen molar-refractivity contribution in [1.29, 1.82) is 0 Å². The number of fused-ring (bicyclic) bond motifs is 1. The minimum absolute atomic E-state index is 0.0183. The zero-order valence-corrected chi connectivity index (χ0v) is 18.5. The minimum atomic E-state index is -0.0606. The zero-order valence-electron chi connectivity index (χ0n) is 18.5. The third kappa shape index (κ3) is 4.04. The lowest BCUT2D eigenvalue weighted by Crippen LogP contribution is -2.27. The largest absolute Gasteiger partial charge is 0.352 e. The SMILES string of the molecule is Cc1ccc(C(=O)NCC2CC2)cc1-c1ccc2c(n1)n(C)c(=O)n2CC(C)(C)C. The van der Waals surface area contributed by atoms with Gasteiger partial charge >= 0.3 is 5.69 Å². The van der Waals surface area contributed by atoms with Gasteiger partial charge in [-0.2, -0.15) is 0 Å². The number of rotatable bonds is 5. The van der Waals surface area contributed by atoms with Crippen LogP contribution >= 0.6 is 0 Å². The maximum atomic E-state index is 12.8. The van der Waals surface area contributed by atoms with Gasteiger partial charge in [0.1, 0.15) is 0 Å². The highest BCUT2D eigenvalue weighted by atomic mass is 16.2. The van der Waals surface area contributed by atoms with Crippen molar-refractivity contribution in [3.63, 3.8) is 0 Å². The van der Waals surface area contributed by atoms with Crippen molar-refractivity contribution in [1.82, 2.24) is 19.4 Å². The van der Waals surface area contributed by atoms with Crippen LogP contribution in [0.25, 0.3) is 22.4 Å². The van der Waals surface area contributed by atoms with Crippen molar-refractivity contribution in [2.24, 2.45) is 18.4 Å². The van der Waals surface area contributed by atoms with Gasteiger partial charge in [0, 0.05) is 31.3 Å². The van der Waals surface area contributed by atoms with Gasteiger partial charge in [0.15, 0.2) is 5.65 Å². The van der Waals surface area contributed by atoms with Crippen molar-refractivity contribution in [3.05, 3.63) is 51.9 Å². The second kappa shape index (κ2) is 7.42. The van der Waals surface area contributed by atoms with E-state index in [1.54, 1.807) is 16.2 Å². The molecule has 4 rings (SSSR count). The highest BCUT2D eigenvalue weighted by Gasteiger charge is 2.22. The van der Waals surface area contributed by atoms with E-state index >= 15 is 0 Å². The molecule has 2 aromatic heterocycles. The Balaban J connectivity index is 1.72. The average molecular weight is 407 g/mol. The van der Waals surface area contributed by atoms with Crippen molar-refractivity contribution in [2.75, 3.05) is 6.54 Å². The molecule has 1 saturated carbocycles. The summed E-state index contributed by atoms with van der Waals surface area (Å²) in [5, 5.41) is 3.02. The summed E-state index contributed by atoms with van der Waals surface area (Å²) in [5.74, 6) is 0.592. The number of imidazole rings is 1. The molecule has 30 heavy (non-hydrogen) atoms. The Kier molecular flexibility index (Phi) is 5.04. The van der Waals surface area contributed by atoms with Crippen LogP contribution in [-0.4, -0.2) is 26.6 Å². The van der Waals surface area contributed by atoms with Gasteiger partial charge in [0.2, 0.25) is 0 Å². The zero-order chi connectivity index (χ0) is 21.6. The van der Waals surface area contributed by atoms with Crippen LogP contribution in [0.1, 0.15) is 49.5 Å². The number of carbonyl (C=O) groups is 1. The summed E-state index contributed by atoms with van der Waals surface area (Å²) in [4.78, 5) is 30.1. The topological polar surface area (TPSA) is 68.9 Å². The van der Waals surface area contributed by atoms with Gasteiger partial charge in [0.25, 0.3) is 5.91 Å². The summed E-state index contributed by atoms with van der Waals surface area (Å²) in [6.07, 6.45) is 2.41. The normalized spacial score (nSPS) is 14.3. The highest BCUT2D eigenvalue weighted by molar-refractivity contribution is 5.95. The number of nitrogens with zero attached hydrogens (tertiary/aromatic N) is 3. The Morgan fingerprint density at radius 2 is 1.93 bits per heavy atom. The maximum Gasteiger partial charge on any atom is 0.330 e. The van der Waals surface area contributed by atoms with Crippen LogP contribution in [0.3, 0.4) is 0 Å². The van der Waals surface area contributed by atoms with E-state index in [2.05, 4.69) is 26.1 Å². The quantitative estimate of drug-likeness (QED) is 0.699. The number of pyridine rings is 1. The smallest absolute Gasteiger partial charge is 0.330 e. The number of amides is 1. The summed E-state index contributed by atoms with van der Waals surface area (Å²) in [5.41, 5.74) is 4.76. The van der Waals surface area contributed by atoms with Crippen molar-refractivity contribution in [3.8, 4) is 11.3 Å². The van der Waals surface area contributed by atoms with E-state index in [4.69, 9.17) is 4.98 Å². The lowest BCUT2D eigenvalue weighted by Gasteiger charge is -2.18. The Labute approximate surface area is 176 Å². The summed E-state index contributed by atoms with van der Waals surface area (Å²) in [6.45, 7) is 9.72. The van der Waals surface area contributed by atoms with Gasteiger partial charge < -0.3 is 5.32 Å². The van der Waals surface area contributed by atoms with Gasteiger partial charge in [-0.05, 0) is 60.9 Å². The second-order valence-electron chi connectivity index (χ2n) is 9.71. The molecule has 1 aliphatic rings. The molecule has 0 saturated heterocycles. The fourth-order valence-corrected chi connectivity index (χ4v) is 3.75. The van der Waals surface area contributed by atoms with Crippen LogP contribution in [0.4, 0.5) is 0 Å². The van der Waals surface area contributed by atoms with Gasteiger partial charge in [-0.3, -0.25) is 13.9 Å². The number of aryl methyl sites for hydroxylation is 2. The van der Waals surface area contributed by atoms with Crippen molar-refractivity contribution < 1.29 is 4.79 Å². The van der Waals surface area contributed by atoms with E-state index in [1.807, 2.05) is 37.3 Å². The van der Waals surface area contributed by atoms with E-state index in [0.717, 1.165) is 28.9 Å². The molecule has 3 aromatic rings. The van der Waals surface area contributed by atoms with Crippen LogP contribution in [0, 0.1) is 18.3 Å². The number of nitrogens with one attached hydrogen (secondary N) is 1. The number of carbonyl (C=O) groups excluding carboxylic acids is 1. The Hall–Kier alpha value is -2.89. The summed E-state index contributed by atoms with van der Waals surface area (Å²) < 4.78 is 3.40. The van der Waals surface area contributed by atoms with E-state index in [1.165, 1.54) is 12.8 Å². The molecule has 6 nitrogen and oxygen atoms in total. The Morgan fingerprint density at radius 1 is 1.20 bits per heavy atom. The molecule has 0 bridgehead atoms. The van der Waals surface area contributed by atoms with Gasteiger partial charge in [0.05, 0.1) is 11.2 Å². The second-order valence-corrected chi connectivity index (χ2v) is 9.71. The molecular weight excluding hydrogens is 376 g/mol. The van der Waals surface area contributed by atoms with E-state index in [0.29, 0.717) is 23.7 Å². The fourth-order valence-electron chi connectivity index (χ4n) is 3.75. The number of hydrogen-bond donors (Lipinski definition) is 1. The lowest BCUT2D eigenvalue weighted by atomic mass is 9.97. The first-order valence-electron chi connectivity index (χ1n) is 10.6. The van der Waals surface area contributed by atoms with Gasteiger partial charge in [-0.1, -0.05) is 26.8 Å². The highest BCUT2D eigenvalue weighted by Crippen LogP contribution is 2.28. The molecule has 1 N–H and O–H groups in total. The molecule has 2 heterocycles. The molecule has 6 heteroatoms. The molecule has 1 aliphatic carbocycles. The van der Waals surface area contributed by atoms with Crippen LogP contribution in [0.5, 0.6) is 0 Å². The first kappa shape index (κ1) is 20.4. The van der Waals surface area contributed by atoms with Crippen LogP contribution in [0.15, 0.2) is 35.1 Å². The molecule has 1 fully saturated rings. The Bertz CT molecular complexity index is 1180. The predicted octanol–water partition coefficient (Wildman–Crippen LogP) is 3.90. The Morgan fingerprint density at radius 3 is 2.60 bits per heavy atom. The monoisotopic (exact) mass is 406 g/mol. The molecule has 1 amide bonds. The predicted molar refractivity (Wildman–Crippen MR) is 120 cm³/mol. The van der Waals surface area contributed by atoms with Gasteiger partial charge in [-0.15, -0.1) is 0 Å². The minimum Gasteiger partial charge on any atom is -0.352 e. The first-order chi connectivity index (χ1) is 14.1. The third-order valence-electron chi connectivity index (χ3n) is 5.64. The van der Waals surface area contributed by atoms with Crippen molar-refractivity contribution >= 4 is 17.1 Å². The molecule has 158 valence electrons. The summed E-state index contributed by atoms with van der Waals surface area (Å²) in [7, 11) is 1.76. The van der Waals surface area contributed by atoms with E-state index in [9.17, 15) is 9.59 Å². The first-order valence-corrected chi connectivity index (χ1v) is 10.6. The maximum absolute atomic E-state index is 12.8. The average Bonchev–Trinajstić information content (AvgIpc) is 3.49. The molecule has 1 aromatic carbocycles. The van der Waals surface area contributed by atoms with Gasteiger partial charge in [-0.25, -0.2) is 9.78 Å². The van der Waals surface area contributed by atoms with Crippen molar-refractivity contribution in [2.45, 2.75) is 47.1 Å². The van der Waals surface area contributed by atoms with E-state index < -0.39 is 0 Å². The van der Waals surface area contributed by atoms with Crippen LogP contribution in [0.2, 0.25) is 0 Å². The fraction of sp³-hybridized carbons (Fsp3) is 0.458. The standard InChI is InChI=1S/C24H30N4O2/c1-15-6-9-17(22(29)25-13-16-7-8-16)12-18(15)19-10-11-20-21(26-19)27(5)23(30)28(20)14-24(2,3)4/h6,9-12,16H,7-8,13-14H2,1-5H3,(H,25,29). The molecule has 0 radical (unpaired) electrons. The van der Waals surface area contributed by atoms with E-state index in [-0.39, 0.29) is 17.0 Å². The lowest BCUT2D eigenvalue weighted by molar-refractivity contribution is 0.0952. The summed E-state index contributed by atoms with van der Waals surface area (Å²) in [6, 6.07) is 9.61. The molecule has 0 aliphatic heterocycles. The number of benzene rings is 1. The molecule has 0 unspecified atom stereocenters. The third-order valence-corrected chi connectivity index (χ3v) is 5.64. The van der Waals surface area contributed by atoms with Crippen LogP contribution < -0.4 is 11.0 Å².